The van der Waals surface area contributed by atoms with Crippen LogP contribution in [0.1, 0.15) is 78.6 Å². The Labute approximate surface area is 348 Å². The Hall–Kier alpha value is -5.18. The summed E-state index contributed by atoms with van der Waals surface area (Å²) in [5, 5.41) is 0.569. The van der Waals surface area contributed by atoms with Crippen molar-refractivity contribution in [3.8, 4) is 0 Å². The van der Waals surface area contributed by atoms with E-state index in [1.54, 1.807) is 83.6 Å². The highest BCUT2D eigenvalue weighted by Gasteiger charge is 2.33. The van der Waals surface area contributed by atoms with Crippen molar-refractivity contribution >= 4 is 53.6 Å². The van der Waals surface area contributed by atoms with E-state index in [-0.39, 0.29) is 35.7 Å². The first-order chi connectivity index (χ1) is 28.7. The monoisotopic (exact) mass is 855 g/mol. The van der Waals surface area contributed by atoms with E-state index < -0.39 is 48.7 Å². The van der Waals surface area contributed by atoms with Gasteiger partial charge < -0.3 is 13.9 Å². The van der Waals surface area contributed by atoms with Crippen LogP contribution in [-0.2, 0) is 60.1 Å². The van der Waals surface area contributed by atoms with Crippen LogP contribution in [0.4, 0.5) is 8.78 Å². The molecule has 2 fully saturated rings. The van der Waals surface area contributed by atoms with E-state index in [1.807, 2.05) is 0 Å². The number of ether oxygens (including phenoxy) is 1. The molecule has 0 amide bonds. The number of aromatic nitrogens is 2. The third-order valence-corrected chi connectivity index (χ3v) is 16.7. The third-order valence-electron chi connectivity index (χ3n) is 12.3. The first kappa shape index (κ1) is 41.5. The van der Waals surface area contributed by atoms with E-state index in [1.165, 1.54) is 28.6 Å². The molecule has 60 heavy (non-hydrogen) atoms. The summed E-state index contributed by atoms with van der Waals surface area (Å²) in [4.78, 5) is 27.5. The van der Waals surface area contributed by atoms with E-state index in [2.05, 4.69) is 0 Å². The summed E-state index contributed by atoms with van der Waals surface area (Å²) >= 11 is 0. The van der Waals surface area contributed by atoms with Gasteiger partial charge in [0.15, 0.2) is 9.84 Å². The molecule has 0 unspecified atom stereocenters. The summed E-state index contributed by atoms with van der Waals surface area (Å²) in [5.74, 6) is -2.72. The number of benzene rings is 4. The molecule has 0 atom stereocenters. The SMILES string of the molecule is Cc1c(Cc2ccccc2S(=O)(=O)C2CCCC2)c2cc(F)ccc2n1CC(=O)OC(=O)Cn1c(C)c(Cc2ccccc2S(=O)(=O)N2CCCCC2)c2cc(F)ccc21. The van der Waals surface area contributed by atoms with Crippen molar-refractivity contribution in [3.05, 3.63) is 130 Å². The maximum atomic E-state index is 14.8. The van der Waals surface area contributed by atoms with Gasteiger partial charge in [-0.3, -0.25) is 0 Å². The summed E-state index contributed by atoms with van der Waals surface area (Å²) in [5.41, 5.74) is 4.61. The highest BCUT2D eigenvalue weighted by atomic mass is 32.2. The van der Waals surface area contributed by atoms with Gasteiger partial charge in [-0.2, -0.15) is 4.31 Å². The topological polar surface area (TPSA) is 125 Å². The highest BCUT2D eigenvalue weighted by Crippen LogP contribution is 2.36. The molecular formula is C46H47F2N3O7S2. The fourth-order valence-corrected chi connectivity index (χ4v) is 13.0. The molecule has 2 aromatic heterocycles. The lowest BCUT2D eigenvalue weighted by Crippen LogP contribution is -2.36. The Morgan fingerprint density at radius 1 is 0.633 bits per heavy atom. The van der Waals surface area contributed by atoms with Gasteiger partial charge in [0.25, 0.3) is 0 Å². The molecule has 14 heteroatoms. The van der Waals surface area contributed by atoms with Gasteiger partial charge in [0.1, 0.15) is 24.7 Å². The number of halogens is 2. The van der Waals surface area contributed by atoms with Crippen molar-refractivity contribution in [2.24, 2.45) is 0 Å². The van der Waals surface area contributed by atoms with Crippen molar-refractivity contribution in [1.29, 1.82) is 0 Å². The minimum absolute atomic E-state index is 0.149. The number of rotatable bonds is 12. The summed E-state index contributed by atoms with van der Waals surface area (Å²) < 4.78 is 94.8. The number of carbonyl (C=O) groups is 2. The number of hydrogen-bond donors (Lipinski definition) is 0. The molecule has 1 aliphatic heterocycles. The summed E-state index contributed by atoms with van der Waals surface area (Å²) in [6, 6.07) is 22.0. The van der Waals surface area contributed by atoms with Crippen LogP contribution in [-0.4, -0.2) is 60.6 Å². The van der Waals surface area contributed by atoms with E-state index >= 15 is 0 Å². The molecule has 10 nitrogen and oxygen atoms in total. The number of hydrogen-bond acceptors (Lipinski definition) is 7. The van der Waals surface area contributed by atoms with Gasteiger partial charge in [-0.05, 0) is 110 Å². The number of fused-ring (bicyclic) bond motifs is 2. The number of esters is 2. The number of sulfone groups is 1. The second-order valence-corrected chi connectivity index (χ2v) is 20.1. The van der Waals surface area contributed by atoms with Gasteiger partial charge in [0.2, 0.25) is 10.0 Å². The van der Waals surface area contributed by atoms with E-state index in [0.717, 1.165) is 32.1 Å². The zero-order chi connectivity index (χ0) is 42.3. The standard InChI is InChI=1S/C46H47F2N3O7S2/c1-30-37(24-32-12-4-8-16-43(32)59(54,55)36-14-6-7-15-36)39-26-34(47)18-20-41(39)50(30)28-45(52)58-46(53)29-51-31(2)38(40-27-35(48)19-21-42(40)51)25-33-13-5-9-17-44(33)60(56,57)49-22-10-3-11-23-49/h4-5,8-9,12-13,16-21,26-27,36H,3,6-7,10-11,14-15,22-25,28-29H2,1-2H3. The van der Waals surface area contributed by atoms with E-state index in [9.17, 15) is 35.2 Å². The molecule has 314 valence electrons. The molecule has 0 radical (unpaired) electrons. The second kappa shape index (κ2) is 16.7. The van der Waals surface area contributed by atoms with Crippen LogP contribution in [0.5, 0.6) is 0 Å². The average molecular weight is 856 g/mol. The van der Waals surface area contributed by atoms with Crippen LogP contribution in [0, 0.1) is 25.5 Å². The molecule has 2 aliphatic rings. The average Bonchev–Trinajstić information content (AvgIpc) is 3.93. The maximum Gasteiger partial charge on any atom is 0.333 e. The fourth-order valence-electron chi connectivity index (χ4n) is 9.18. The minimum Gasteiger partial charge on any atom is -0.390 e. The maximum absolute atomic E-state index is 14.8. The molecule has 6 aromatic rings. The van der Waals surface area contributed by atoms with Crippen LogP contribution >= 0.6 is 0 Å². The van der Waals surface area contributed by atoms with Gasteiger partial charge >= 0.3 is 11.9 Å². The van der Waals surface area contributed by atoms with Gasteiger partial charge in [-0.15, -0.1) is 0 Å². The van der Waals surface area contributed by atoms with Gasteiger partial charge in [-0.1, -0.05) is 55.7 Å². The lowest BCUT2D eigenvalue weighted by molar-refractivity contribution is -0.160. The number of sulfonamides is 1. The van der Waals surface area contributed by atoms with Crippen LogP contribution < -0.4 is 0 Å². The minimum atomic E-state index is -3.79. The number of piperidine rings is 1. The molecule has 0 bridgehead atoms. The lowest BCUT2D eigenvalue weighted by Gasteiger charge is -2.26. The Balaban J connectivity index is 1.05. The zero-order valence-corrected chi connectivity index (χ0v) is 35.3. The van der Waals surface area contributed by atoms with Crippen molar-refractivity contribution in [3.63, 3.8) is 0 Å². The third kappa shape index (κ3) is 7.92. The largest absolute Gasteiger partial charge is 0.390 e. The zero-order valence-electron chi connectivity index (χ0n) is 33.6. The van der Waals surface area contributed by atoms with Gasteiger partial charge in [0, 0.05) is 59.1 Å². The van der Waals surface area contributed by atoms with Gasteiger partial charge in [0.05, 0.1) is 15.0 Å². The van der Waals surface area contributed by atoms with Crippen LogP contribution in [0.2, 0.25) is 0 Å². The molecule has 1 saturated heterocycles. The van der Waals surface area contributed by atoms with Crippen LogP contribution in [0.3, 0.4) is 0 Å². The van der Waals surface area contributed by atoms with Crippen molar-refractivity contribution in [1.82, 2.24) is 13.4 Å². The van der Waals surface area contributed by atoms with Gasteiger partial charge in [-0.25, -0.2) is 35.2 Å². The molecule has 3 heterocycles. The van der Waals surface area contributed by atoms with Crippen molar-refractivity contribution in [2.75, 3.05) is 13.1 Å². The molecule has 1 aliphatic carbocycles. The first-order valence-electron chi connectivity index (χ1n) is 20.4. The summed E-state index contributed by atoms with van der Waals surface area (Å²) in [7, 11) is -7.39. The molecule has 1 saturated carbocycles. The normalized spacial score (nSPS) is 15.6. The second-order valence-electron chi connectivity index (χ2n) is 16.0. The predicted molar refractivity (Wildman–Crippen MR) is 225 cm³/mol. The quantitative estimate of drug-likeness (QED) is 0.0896. The Morgan fingerprint density at radius 3 is 1.62 bits per heavy atom. The molecule has 8 rings (SSSR count). The predicted octanol–water partition coefficient (Wildman–Crippen LogP) is 8.33. The Morgan fingerprint density at radius 2 is 1.10 bits per heavy atom. The van der Waals surface area contributed by atoms with Crippen molar-refractivity contribution in [2.45, 2.75) is 99.8 Å². The highest BCUT2D eigenvalue weighted by molar-refractivity contribution is 7.92. The summed E-state index contributed by atoms with van der Waals surface area (Å²) in [6.45, 7) is 3.65. The molecule has 0 spiro atoms. The van der Waals surface area contributed by atoms with Crippen LogP contribution in [0.15, 0.2) is 94.7 Å². The molecule has 0 N–H and O–H groups in total. The lowest BCUT2D eigenvalue weighted by atomic mass is 10.0. The summed E-state index contributed by atoms with van der Waals surface area (Å²) in [6.07, 6.45) is 5.83. The van der Waals surface area contributed by atoms with E-state index in [0.29, 0.717) is 81.4 Å². The first-order valence-corrected chi connectivity index (χ1v) is 23.4. The number of nitrogens with zero attached hydrogens (tertiary/aromatic N) is 3. The van der Waals surface area contributed by atoms with Crippen molar-refractivity contribution < 1.29 is 39.9 Å². The van der Waals surface area contributed by atoms with Crippen LogP contribution in [0.25, 0.3) is 21.8 Å². The fraction of sp³-hybridized carbons (Fsp3) is 0.348. The number of carbonyl (C=O) groups excluding carboxylic acids is 2. The Bertz CT molecular complexity index is 2870. The van der Waals surface area contributed by atoms with E-state index in [4.69, 9.17) is 4.74 Å². The smallest absolute Gasteiger partial charge is 0.333 e. The molecular weight excluding hydrogens is 809 g/mol. The Kier molecular flexibility index (Phi) is 11.6. The molecule has 4 aromatic carbocycles.